The molecule has 74 valence electrons. The van der Waals surface area contributed by atoms with Crippen LogP contribution in [-0.4, -0.2) is 37.8 Å². The maximum atomic E-state index is 5.30. The summed E-state index contributed by atoms with van der Waals surface area (Å²) in [6.45, 7) is 6.37. The molecule has 0 aliphatic heterocycles. The van der Waals surface area contributed by atoms with Gasteiger partial charge in [-0.3, -0.25) is 0 Å². The molecule has 0 unspecified atom stereocenters. The van der Waals surface area contributed by atoms with E-state index in [1.54, 1.807) is 7.11 Å². The summed E-state index contributed by atoms with van der Waals surface area (Å²) in [6.07, 6.45) is 3.19. The summed E-state index contributed by atoms with van der Waals surface area (Å²) < 4.78 is 5.30. The summed E-state index contributed by atoms with van der Waals surface area (Å²) in [5, 5.41) is 3.38. The van der Waals surface area contributed by atoms with Crippen LogP contribution in [-0.2, 0) is 4.74 Å². The molecule has 1 N–H and O–H groups in total. The predicted molar refractivity (Wildman–Crippen MR) is 57.0 cm³/mol. The fourth-order valence-corrected chi connectivity index (χ4v) is 1.14. The molecule has 0 bridgehead atoms. The molecule has 0 saturated heterocycles. The van der Waals surface area contributed by atoms with E-state index in [2.05, 4.69) is 25.4 Å². The van der Waals surface area contributed by atoms with Gasteiger partial charge in [-0.2, -0.15) is 11.8 Å². The van der Waals surface area contributed by atoms with Gasteiger partial charge in [0.2, 0.25) is 0 Å². The van der Waals surface area contributed by atoms with Gasteiger partial charge >= 0.3 is 0 Å². The first-order valence-electron chi connectivity index (χ1n) is 4.37. The fraction of sp³-hybridized carbons (Fsp3) is 1.00. The van der Waals surface area contributed by atoms with Gasteiger partial charge in [0.05, 0.1) is 5.60 Å². The second kappa shape index (κ2) is 6.75. The molecule has 0 aliphatic rings. The maximum absolute atomic E-state index is 5.30. The van der Waals surface area contributed by atoms with Gasteiger partial charge in [0.15, 0.2) is 0 Å². The van der Waals surface area contributed by atoms with E-state index >= 15 is 0 Å². The highest BCUT2D eigenvalue weighted by molar-refractivity contribution is 7.98. The normalized spacial score (nSPS) is 12.0. The Hall–Kier alpha value is 0.270. The van der Waals surface area contributed by atoms with Crippen LogP contribution in [0.5, 0.6) is 0 Å². The average Bonchev–Trinajstić information content (AvgIpc) is 2.04. The van der Waals surface area contributed by atoms with Gasteiger partial charge in [-0.15, -0.1) is 0 Å². The molecule has 0 rings (SSSR count). The van der Waals surface area contributed by atoms with Crippen LogP contribution in [0.3, 0.4) is 0 Å². The molecule has 0 aromatic rings. The average molecular weight is 191 g/mol. The predicted octanol–water partition coefficient (Wildman–Crippen LogP) is 1.75. The topological polar surface area (TPSA) is 21.3 Å². The Morgan fingerprint density at radius 3 is 2.50 bits per heavy atom. The molecule has 0 heterocycles. The molecule has 0 spiro atoms. The lowest BCUT2D eigenvalue weighted by Gasteiger charge is -2.22. The lowest BCUT2D eigenvalue weighted by Crippen LogP contribution is -2.29. The Morgan fingerprint density at radius 1 is 1.33 bits per heavy atom. The summed E-state index contributed by atoms with van der Waals surface area (Å²) in [5.74, 6) is 1.19. The van der Waals surface area contributed by atoms with Crippen molar-refractivity contribution in [2.75, 3.05) is 32.2 Å². The maximum Gasteiger partial charge on any atom is 0.0634 e. The first kappa shape index (κ1) is 12.3. The van der Waals surface area contributed by atoms with Crippen LogP contribution in [0, 0.1) is 0 Å². The largest absolute Gasteiger partial charge is 0.379 e. The van der Waals surface area contributed by atoms with Gasteiger partial charge in [0.25, 0.3) is 0 Å². The molecule has 0 atom stereocenters. The quantitative estimate of drug-likeness (QED) is 0.620. The van der Waals surface area contributed by atoms with Crippen molar-refractivity contribution in [1.82, 2.24) is 5.32 Å². The number of hydrogen-bond acceptors (Lipinski definition) is 3. The smallest absolute Gasteiger partial charge is 0.0634 e. The van der Waals surface area contributed by atoms with Gasteiger partial charge in [0.1, 0.15) is 0 Å². The molecule has 2 nitrogen and oxygen atoms in total. The highest BCUT2D eigenvalue weighted by atomic mass is 32.2. The summed E-state index contributed by atoms with van der Waals surface area (Å²) in [4.78, 5) is 0. The zero-order chi connectivity index (χ0) is 9.45. The zero-order valence-electron chi connectivity index (χ0n) is 8.64. The van der Waals surface area contributed by atoms with Crippen molar-refractivity contribution in [3.05, 3.63) is 0 Å². The third-order valence-corrected chi connectivity index (χ3v) is 2.55. The Balaban J connectivity index is 3.19. The first-order chi connectivity index (χ1) is 5.62. The van der Waals surface area contributed by atoms with Crippen LogP contribution in [0.1, 0.15) is 20.3 Å². The minimum Gasteiger partial charge on any atom is -0.379 e. The number of methoxy groups -OCH3 is 1. The lowest BCUT2D eigenvalue weighted by atomic mass is 10.1. The third-order valence-electron chi connectivity index (χ3n) is 1.94. The van der Waals surface area contributed by atoms with E-state index in [0.29, 0.717) is 0 Å². The SMILES string of the molecule is COC(C)(C)CCNCCSC. The van der Waals surface area contributed by atoms with Crippen molar-refractivity contribution in [2.24, 2.45) is 0 Å². The van der Waals surface area contributed by atoms with Crippen molar-refractivity contribution in [1.29, 1.82) is 0 Å². The molecule has 12 heavy (non-hydrogen) atoms. The van der Waals surface area contributed by atoms with E-state index in [9.17, 15) is 0 Å². The Bertz CT molecular complexity index is 107. The van der Waals surface area contributed by atoms with Gasteiger partial charge in [-0.05, 0) is 33.1 Å². The van der Waals surface area contributed by atoms with Crippen molar-refractivity contribution in [3.8, 4) is 0 Å². The van der Waals surface area contributed by atoms with E-state index < -0.39 is 0 Å². The zero-order valence-corrected chi connectivity index (χ0v) is 9.46. The fourth-order valence-electron chi connectivity index (χ4n) is 0.791. The number of rotatable bonds is 7. The van der Waals surface area contributed by atoms with Gasteiger partial charge < -0.3 is 10.1 Å². The van der Waals surface area contributed by atoms with Crippen LogP contribution in [0.2, 0.25) is 0 Å². The van der Waals surface area contributed by atoms with E-state index in [-0.39, 0.29) is 5.60 Å². The number of hydrogen-bond donors (Lipinski definition) is 1. The highest BCUT2D eigenvalue weighted by Gasteiger charge is 2.14. The van der Waals surface area contributed by atoms with Crippen LogP contribution < -0.4 is 5.32 Å². The van der Waals surface area contributed by atoms with Crippen LogP contribution in [0.25, 0.3) is 0 Å². The number of thioether (sulfide) groups is 1. The van der Waals surface area contributed by atoms with E-state index in [0.717, 1.165) is 19.5 Å². The molecule has 0 aromatic heterocycles. The van der Waals surface area contributed by atoms with Crippen molar-refractivity contribution < 1.29 is 4.74 Å². The minimum absolute atomic E-state index is 0.0202. The Labute approximate surface area is 80.4 Å². The van der Waals surface area contributed by atoms with E-state index in [4.69, 9.17) is 4.74 Å². The number of nitrogens with one attached hydrogen (secondary N) is 1. The molecule has 0 aliphatic carbocycles. The second-order valence-electron chi connectivity index (χ2n) is 3.46. The summed E-state index contributed by atoms with van der Waals surface area (Å²) in [5.41, 5.74) is 0.0202. The van der Waals surface area contributed by atoms with Crippen LogP contribution in [0.15, 0.2) is 0 Å². The Morgan fingerprint density at radius 2 is 2.00 bits per heavy atom. The minimum atomic E-state index is 0.0202. The third kappa shape index (κ3) is 6.95. The molecule has 0 radical (unpaired) electrons. The summed E-state index contributed by atoms with van der Waals surface area (Å²) in [7, 11) is 1.77. The van der Waals surface area contributed by atoms with E-state index in [1.807, 2.05) is 11.8 Å². The number of ether oxygens (including phenoxy) is 1. The second-order valence-corrected chi connectivity index (χ2v) is 4.44. The van der Waals surface area contributed by atoms with Gasteiger partial charge in [-0.1, -0.05) is 0 Å². The standard InChI is InChI=1S/C9H21NOS/c1-9(2,11-3)5-6-10-7-8-12-4/h10H,5-8H2,1-4H3. The first-order valence-corrected chi connectivity index (χ1v) is 5.76. The lowest BCUT2D eigenvalue weighted by molar-refractivity contribution is 0.0160. The monoisotopic (exact) mass is 191 g/mol. The van der Waals surface area contributed by atoms with Gasteiger partial charge in [0, 0.05) is 19.4 Å². The molecule has 0 saturated carbocycles. The van der Waals surface area contributed by atoms with Crippen molar-refractivity contribution in [2.45, 2.75) is 25.9 Å². The molecule has 0 aromatic carbocycles. The Kier molecular flexibility index (Phi) is 6.90. The summed E-state index contributed by atoms with van der Waals surface area (Å²) in [6, 6.07) is 0. The summed E-state index contributed by atoms with van der Waals surface area (Å²) >= 11 is 1.87. The van der Waals surface area contributed by atoms with E-state index in [1.165, 1.54) is 5.75 Å². The molecule has 0 fully saturated rings. The van der Waals surface area contributed by atoms with Crippen molar-refractivity contribution in [3.63, 3.8) is 0 Å². The van der Waals surface area contributed by atoms with Crippen LogP contribution >= 0.6 is 11.8 Å². The van der Waals surface area contributed by atoms with Crippen molar-refractivity contribution >= 4 is 11.8 Å². The van der Waals surface area contributed by atoms with Gasteiger partial charge in [-0.25, -0.2) is 0 Å². The molecular formula is C9H21NOS. The molecular weight excluding hydrogens is 170 g/mol. The molecule has 3 heteroatoms. The highest BCUT2D eigenvalue weighted by Crippen LogP contribution is 2.11. The van der Waals surface area contributed by atoms with Crippen LogP contribution in [0.4, 0.5) is 0 Å². The molecule has 0 amide bonds.